The molecule has 8 nitrogen and oxygen atoms in total. The predicted octanol–water partition coefficient (Wildman–Crippen LogP) is 5.65. The highest BCUT2D eigenvalue weighted by Crippen LogP contribution is 2.63. The summed E-state index contributed by atoms with van der Waals surface area (Å²) in [5, 5.41) is 3.59. The smallest absolute Gasteiger partial charge is 0.338 e. The lowest BCUT2D eigenvalue weighted by Gasteiger charge is -2.62. The van der Waals surface area contributed by atoms with Crippen LogP contribution < -0.4 is 5.32 Å². The van der Waals surface area contributed by atoms with E-state index in [4.69, 9.17) is 4.74 Å². The van der Waals surface area contributed by atoms with E-state index in [1.165, 1.54) is 6.42 Å². The summed E-state index contributed by atoms with van der Waals surface area (Å²) >= 11 is 0. The van der Waals surface area contributed by atoms with Crippen LogP contribution in [0.3, 0.4) is 0 Å². The molecule has 1 aromatic carbocycles. The molecule has 3 heterocycles. The monoisotopic (exact) mass is 606 g/mol. The number of aromatic nitrogens is 2. The average Bonchev–Trinajstić information content (AvgIpc) is 3.27. The summed E-state index contributed by atoms with van der Waals surface area (Å²) in [4.78, 5) is 50.8. The molecule has 7 rings (SSSR count). The fourth-order valence-corrected chi connectivity index (χ4v) is 7.95. The number of ketones is 1. The van der Waals surface area contributed by atoms with Gasteiger partial charge in [-0.3, -0.25) is 24.5 Å². The van der Waals surface area contributed by atoms with Gasteiger partial charge in [-0.2, -0.15) is 0 Å². The van der Waals surface area contributed by atoms with Crippen LogP contribution in [0.2, 0.25) is 0 Å². The Morgan fingerprint density at radius 3 is 2.04 bits per heavy atom. The second-order valence-corrected chi connectivity index (χ2v) is 13.6. The van der Waals surface area contributed by atoms with Gasteiger partial charge in [0.2, 0.25) is 0 Å². The third-order valence-electron chi connectivity index (χ3n) is 10.7. The molecule has 1 N–H and O–H groups in total. The lowest BCUT2D eigenvalue weighted by Crippen LogP contribution is -2.57. The predicted molar refractivity (Wildman–Crippen MR) is 171 cm³/mol. The number of rotatable bonds is 10. The molecule has 3 aromatic rings. The van der Waals surface area contributed by atoms with E-state index in [-0.39, 0.29) is 18.3 Å². The number of hydrogen-bond donors (Lipinski definition) is 1. The Hall–Kier alpha value is -4.33. The zero-order chi connectivity index (χ0) is 31.8. The van der Waals surface area contributed by atoms with E-state index in [1.54, 1.807) is 62.1 Å². The highest BCUT2D eigenvalue weighted by molar-refractivity contribution is 6.06. The summed E-state index contributed by atoms with van der Waals surface area (Å²) < 4.78 is 5.09. The number of carbonyl (C=O) groups excluding carboxylic acids is 3. The highest BCUT2D eigenvalue weighted by Gasteiger charge is 2.57. The number of benzene rings is 1. The summed E-state index contributed by atoms with van der Waals surface area (Å²) in [5.41, 5.74) is 2.12. The SMILES string of the molecule is CCOC(=O)c1ccc(C(=O)C=C2NC(Cc3ccncc3)(Cc3ccncc3)C(=O)N2CC2CC3CC(C2C)C3(C)C)cc1. The number of amides is 1. The van der Waals surface area contributed by atoms with Gasteiger partial charge >= 0.3 is 5.97 Å². The van der Waals surface area contributed by atoms with E-state index in [2.05, 4.69) is 36.1 Å². The molecule has 4 atom stereocenters. The maximum absolute atomic E-state index is 14.8. The van der Waals surface area contributed by atoms with Crippen LogP contribution in [-0.4, -0.2) is 51.2 Å². The lowest BCUT2D eigenvalue weighted by molar-refractivity contribution is -0.142. The number of nitrogens with one attached hydrogen (secondary N) is 1. The highest BCUT2D eigenvalue weighted by atomic mass is 16.5. The van der Waals surface area contributed by atoms with Gasteiger partial charge in [0.15, 0.2) is 5.78 Å². The Labute approximate surface area is 265 Å². The van der Waals surface area contributed by atoms with Gasteiger partial charge in [-0.15, -0.1) is 0 Å². The van der Waals surface area contributed by atoms with Crippen LogP contribution in [0.4, 0.5) is 0 Å². The van der Waals surface area contributed by atoms with Crippen LogP contribution in [0.1, 0.15) is 72.4 Å². The quantitative estimate of drug-likeness (QED) is 0.181. The van der Waals surface area contributed by atoms with Crippen molar-refractivity contribution >= 4 is 17.7 Å². The van der Waals surface area contributed by atoms with Crippen molar-refractivity contribution in [2.45, 2.75) is 58.9 Å². The minimum atomic E-state index is -0.997. The molecule has 4 aliphatic rings. The average molecular weight is 607 g/mol. The van der Waals surface area contributed by atoms with E-state index >= 15 is 0 Å². The molecule has 3 aliphatic carbocycles. The second-order valence-electron chi connectivity index (χ2n) is 13.6. The van der Waals surface area contributed by atoms with Crippen molar-refractivity contribution in [2.24, 2.45) is 29.1 Å². The maximum Gasteiger partial charge on any atom is 0.338 e. The number of carbonyl (C=O) groups is 3. The van der Waals surface area contributed by atoms with Gasteiger partial charge < -0.3 is 10.1 Å². The second kappa shape index (κ2) is 12.2. The third kappa shape index (κ3) is 5.90. The Bertz CT molecular complexity index is 1540. The van der Waals surface area contributed by atoms with Crippen molar-refractivity contribution in [3.63, 3.8) is 0 Å². The van der Waals surface area contributed by atoms with Crippen molar-refractivity contribution in [3.8, 4) is 0 Å². The van der Waals surface area contributed by atoms with Gasteiger partial charge in [0.05, 0.1) is 12.2 Å². The molecule has 4 unspecified atom stereocenters. The Balaban J connectivity index is 1.35. The van der Waals surface area contributed by atoms with E-state index < -0.39 is 11.5 Å². The molecule has 3 saturated carbocycles. The zero-order valence-corrected chi connectivity index (χ0v) is 26.5. The van der Waals surface area contributed by atoms with Crippen molar-refractivity contribution in [1.29, 1.82) is 0 Å². The van der Waals surface area contributed by atoms with E-state index in [0.717, 1.165) is 17.5 Å². The molecule has 2 bridgehead atoms. The molecular formula is C37H42N4O4. The van der Waals surface area contributed by atoms with Crippen LogP contribution in [-0.2, 0) is 22.4 Å². The largest absolute Gasteiger partial charge is 0.462 e. The summed E-state index contributed by atoms with van der Waals surface area (Å²) in [6.45, 7) is 9.69. The third-order valence-corrected chi connectivity index (χ3v) is 10.7. The normalized spacial score (nSPS) is 25.4. The molecule has 8 heteroatoms. The molecule has 234 valence electrons. The fraction of sp³-hybridized carbons (Fsp3) is 0.432. The number of ether oxygens (including phenoxy) is 1. The number of fused-ring (bicyclic) bond motifs is 2. The van der Waals surface area contributed by atoms with Crippen LogP contribution in [0.25, 0.3) is 0 Å². The van der Waals surface area contributed by atoms with Crippen LogP contribution >= 0.6 is 0 Å². The Kier molecular flexibility index (Phi) is 8.33. The minimum absolute atomic E-state index is 0.0291. The summed E-state index contributed by atoms with van der Waals surface area (Å²) in [6.07, 6.45) is 11.7. The zero-order valence-electron chi connectivity index (χ0n) is 26.5. The first kappa shape index (κ1) is 30.7. The van der Waals surface area contributed by atoms with Crippen molar-refractivity contribution < 1.29 is 19.1 Å². The molecule has 1 saturated heterocycles. The van der Waals surface area contributed by atoms with Crippen LogP contribution in [0, 0.1) is 29.1 Å². The van der Waals surface area contributed by atoms with Gasteiger partial charge in [0.25, 0.3) is 5.91 Å². The molecule has 1 aliphatic heterocycles. The first-order chi connectivity index (χ1) is 21.6. The minimum Gasteiger partial charge on any atom is -0.462 e. The molecule has 2 aromatic heterocycles. The molecular weight excluding hydrogens is 564 g/mol. The molecule has 0 radical (unpaired) electrons. The van der Waals surface area contributed by atoms with Crippen LogP contribution in [0.5, 0.6) is 0 Å². The molecule has 4 fully saturated rings. The first-order valence-electron chi connectivity index (χ1n) is 16.0. The topological polar surface area (TPSA) is 101 Å². The number of hydrogen-bond acceptors (Lipinski definition) is 7. The van der Waals surface area contributed by atoms with E-state index in [9.17, 15) is 14.4 Å². The number of nitrogens with zero attached hydrogens (tertiary/aromatic N) is 3. The number of pyridine rings is 2. The fourth-order valence-electron chi connectivity index (χ4n) is 7.95. The number of esters is 1. The van der Waals surface area contributed by atoms with Gasteiger partial charge in [0.1, 0.15) is 11.4 Å². The standard InChI is InChI=1S/C37H42N4O4/c1-5-45-34(43)28-8-6-27(7-9-28)32(42)20-33-40-37(21-25-10-14-38-15-11-25,22-26-12-16-39-17-13-26)35(44)41(33)23-29-18-30-19-31(24(29)2)36(30,3)4/h6-17,20,24,29-31,40H,5,18-19,21-23H2,1-4H3. The summed E-state index contributed by atoms with van der Waals surface area (Å²) in [7, 11) is 0. The first-order valence-corrected chi connectivity index (χ1v) is 16.0. The number of allylic oxidation sites excluding steroid dienone is 1. The van der Waals surface area contributed by atoms with Crippen molar-refractivity contribution in [3.05, 3.63) is 107 Å². The molecule has 0 spiro atoms. The Morgan fingerprint density at radius 1 is 0.933 bits per heavy atom. The van der Waals surface area contributed by atoms with Crippen molar-refractivity contribution in [1.82, 2.24) is 20.2 Å². The van der Waals surface area contributed by atoms with Gasteiger partial charge in [-0.05, 0) is 96.4 Å². The van der Waals surface area contributed by atoms with Gasteiger partial charge in [0, 0.05) is 55.8 Å². The van der Waals surface area contributed by atoms with Crippen LogP contribution in [0.15, 0.2) is 85.2 Å². The van der Waals surface area contributed by atoms with Crippen molar-refractivity contribution in [2.75, 3.05) is 13.2 Å². The molecule has 1 amide bonds. The Morgan fingerprint density at radius 2 is 1.51 bits per heavy atom. The summed E-state index contributed by atoms with van der Waals surface area (Å²) in [6, 6.07) is 14.2. The summed E-state index contributed by atoms with van der Waals surface area (Å²) in [5.74, 6) is 1.93. The molecule has 45 heavy (non-hydrogen) atoms. The van der Waals surface area contributed by atoms with Gasteiger partial charge in [-0.1, -0.05) is 32.9 Å². The maximum atomic E-state index is 14.8. The lowest BCUT2D eigenvalue weighted by atomic mass is 9.43. The van der Waals surface area contributed by atoms with E-state index in [0.29, 0.717) is 65.4 Å². The van der Waals surface area contributed by atoms with Gasteiger partial charge in [-0.25, -0.2) is 4.79 Å². The van der Waals surface area contributed by atoms with E-state index in [1.807, 2.05) is 29.2 Å².